The quantitative estimate of drug-likeness (QED) is 0.754. The molecule has 1 heterocycles. The van der Waals surface area contributed by atoms with Gasteiger partial charge >= 0.3 is 5.97 Å². The molecule has 0 aliphatic heterocycles. The molecule has 0 saturated carbocycles. The van der Waals surface area contributed by atoms with Crippen molar-refractivity contribution in [2.75, 3.05) is 7.11 Å². The molecule has 0 unspecified atom stereocenters. The van der Waals surface area contributed by atoms with E-state index in [1.165, 1.54) is 24.1 Å². The summed E-state index contributed by atoms with van der Waals surface area (Å²) in [6.45, 7) is 0. The van der Waals surface area contributed by atoms with Crippen LogP contribution in [0.25, 0.3) is 5.69 Å². The lowest BCUT2D eigenvalue weighted by molar-refractivity contribution is 0.0590. The fourth-order valence-corrected chi connectivity index (χ4v) is 2.91. The first kappa shape index (κ1) is 15.0. The summed E-state index contributed by atoms with van der Waals surface area (Å²) in [5, 5.41) is 4.54. The number of benzene rings is 1. The van der Waals surface area contributed by atoms with E-state index >= 15 is 0 Å². The van der Waals surface area contributed by atoms with E-state index in [1.807, 2.05) is 0 Å². The minimum absolute atomic E-state index is 0.316. The van der Waals surface area contributed by atoms with Crippen molar-refractivity contribution in [1.29, 1.82) is 0 Å². The minimum Gasteiger partial charge on any atom is -0.464 e. The van der Waals surface area contributed by atoms with Crippen molar-refractivity contribution in [1.82, 2.24) is 9.78 Å². The maximum atomic E-state index is 11.6. The van der Waals surface area contributed by atoms with E-state index in [-0.39, 0.29) is 5.69 Å². The molecule has 8 heteroatoms. The number of hydrogen-bond donors (Lipinski definition) is 0. The second-order valence-corrected chi connectivity index (χ2v) is 5.41. The van der Waals surface area contributed by atoms with Crippen molar-refractivity contribution in [3.63, 3.8) is 0 Å². The number of hydrogen-bond acceptors (Lipinski definition) is 4. The molecular weight excluding hydrogens is 371 g/mol. The first-order chi connectivity index (χ1) is 9.43. The van der Waals surface area contributed by atoms with Crippen molar-refractivity contribution < 1.29 is 9.53 Å². The van der Waals surface area contributed by atoms with Gasteiger partial charge in [0.05, 0.1) is 17.2 Å². The molecule has 0 aliphatic carbocycles. The van der Waals surface area contributed by atoms with Crippen LogP contribution in [0.4, 0.5) is 0 Å². The predicted molar refractivity (Wildman–Crippen MR) is 78.9 cm³/mol. The molecule has 0 spiro atoms. The summed E-state index contributed by atoms with van der Waals surface area (Å²) in [5.41, 5.74) is -0.524. The molecule has 0 atom stereocenters. The van der Waals surface area contributed by atoms with Crippen LogP contribution < -0.4 is 5.43 Å². The zero-order chi connectivity index (χ0) is 14.9. The van der Waals surface area contributed by atoms with Crippen LogP contribution in [0.15, 0.2) is 33.7 Å². The fourth-order valence-electron chi connectivity index (χ4n) is 1.52. The van der Waals surface area contributed by atoms with E-state index in [2.05, 4.69) is 25.8 Å². The Labute approximate surface area is 132 Å². The summed E-state index contributed by atoms with van der Waals surface area (Å²) in [6.07, 6.45) is 1.37. The average Bonchev–Trinajstić information content (AvgIpc) is 2.38. The summed E-state index contributed by atoms with van der Waals surface area (Å²) in [4.78, 5) is 23.0. The lowest BCUT2D eigenvalue weighted by Crippen LogP contribution is -2.21. The fraction of sp³-hybridized carbons (Fsp3) is 0.0833. The Morgan fingerprint density at radius 1 is 1.35 bits per heavy atom. The Morgan fingerprint density at radius 2 is 1.95 bits per heavy atom. The zero-order valence-electron chi connectivity index (χ0n) is 10.1. The monoisotopic (exact) mass is 376 g/mol. The Morgan fingerprint density at radius 3 is 2.50 bits per heavy atom. The molecule has 0 aliphatic rings. The lowest BCUT2D eigenvalue weighted by Gasteiger charge is -2.10. The molecule has 104 valence electrons. The molecule has 0 bridgehead atoms. The van der Waals surface area contributed by atoms with Crippen LogP contribution in [0.1, 0.15) is 10.5 Å². The Hall–Kier alpha value is -1.37. The predicted octanol–water partition coefficient (Wildman–Crippen LogP) is 3.09. The number of esters is 1. The number of halogens is 3. The second kappa shape index (κ2) is 5.95. The van der Waals surface area contributed by atoms with Gasteiger partial charge in [-0.15, -0.1) is 0 Å². The molecule has 0 radical (unpaired) electrons. The number of aromatic nitrogens is 2. The highest BCUT2D eigenvalue weighted by molar-refractivity contribution is 9.10. The number of nitrogens with zero attached hydrogens (tertiary/aromatic N) is 2. The largest absolute Gasteiger partial charge is 0.464 e. The van der Waals surface area contributed by atoms with Gasteiger partial charge in [0, 0.05) is 16.7 Å². The molecule has 1 aromatic carbocycles. The molecule has 2 rings (SSSR count). The second-order valence-electron chi connectivity index (χ2n) is 3.68. The summed E-state index contributed by atoms with van der Waals surface area (Å²) < 4.78 is 6.45. The number of carbonyl (C=O) groups is 1. The van der Waals surface area contributed by atoms with E-state index in [0.29, 0.717) is 20.2 Å². The van der Waals surface area contributed by atoms with Crippen molar-refractivity contribution in [3.8, 4) is 5.69 Å². The molecule has 5 nitrogen and oxygen atoms in total. The Balaban J connectivity index is 2.66. The molecule has 2 aromatic rings. The lowest BCUT2D eigenvalue weighted by atomic mass is 10.3. The van der Waals surface area contributed by atoms with Gasteiger partial charge in [-0.25, -0.2) is 9.48 Å². The van der Waals surface area contributed by atoms with Crippen molar-refractivity contribution in [2.24, 2.45) is 0 Å². The van der Waals surface area contributed by atoms with E-state index in [4.69, 9.17) is 23.2 Å². The van der Waals surface area contributed by atoms with Gasteiger partial charge in [-0.1, -0.05) is 39.1 Å². The summed E-state index contributed by atoms with van der Waals surface area (Å²) in [5.74, 6) is -0.825. The normalized spacial score (nSPS) is 10.4. The first-order valence-corrected chi connectivity index (χ1v) is 6.82. The van der Waals surface area contributed by atoms with Gasteiger partial charge in [0.15, 0.2) is 0 Å². The van der Waals surface area contributed by atoms with Crippen LogP contribution in [0, 0.1) is 0 Å². The van der Waals surface area contributed by atoms with Gasteiger partial charge in [0.25, 0.3) is 0 Å². The van der Waals surface area contributed by atoms with E-state index in [1.54, 1.807) is 12.1 Å². The van der Waals surface area contributed by atoms with Crippen LogP contribution in [0.2, 0.25) is 10.0 Å². The smallest absolute Gasteiger partial charge is 0.362 e. The summed E-state index contributed by atoms with van der Waals surface area (Å²) in [6, 6.07) is 4.44. The minimum atomic E-state index is -0.825. The van der Waals surface area contributed by atoms with Gasteiger partial charge in [0.1, 0.15) is 5.69 Å². The molecule has 20 heavy (non-hydrogen) atoms. The number of carbonyl (C=O) groups excluding carboxylic acids is 1. The molecule has 0 fully saturated rings. The topological polar surface area (TPSA) is 61.2 Å². The third kappa shape index (κ3) is 2.87. The average molecular weight is 378 g/mol. The molecule has 1 aromatic heterocycles. The van der Waals surface area contributed by atoms with Gasteiger partial charge in [-0.3, -0.25) is 4.79 Å². The van der Waals surface area contributed by atoms with Crippen LogP contribution in [-0.4, -0.2) is 22.9 Å². The van der Waals surface area contributed by atoms with Gasteiger partial charge in [0.2, 0.25) is 11.1 Å². The molecular formula is C12H7BrCl2N2O3. The Bertz CT molecular complexity index is 723. The maximum Gasteiger partial charge on any atom is 0.362 e. The number of rotatable bonds is 2. The standard InChI is InChI=1S/C12H7BrCl2N2O3/c1-20-12(19)10-9(18)2-3-17(16-10)11-7(14)4-6(13)5-8(11)15/h2-5H,1H3. The van der Waals surface area contributed by atoms with Gasteiger partial charge < -0.3 is 4.74 Å². The SMILES string of the molecule is COC(=O)c1nn(-c2c(Cl)cc(Br)cc2Cl)ccc1=O. The third-order valence-corrected chi connectivity index (χ3v) is 3.43. The highest BCUT2D eigenvalue weighted by atomic mass is 79.9. The summed E-state index contributed by atoms with van der Waals surface area (Å²) >= 11 is 15.5. The van der Waals surface area contributed by atoms with Crippen molar-refractivity contribution in [3.05, 3.63) is 54.8 Å². The Kier molecular flexibility index (Phi) is 4.47. The van der Waals surface area contributed by atoms with Crippen LogP contribution in [0.3, 0.4) is 0 Å². The first-order valence-electron chi connectivity index (χ1n) is 5.27. The highest BCUT2D eigenvalue weighted by Gasteiger charge is 2.16. The molecule has 0 amide bonds. The van der Waals surface area contributed by atoms with Crippen LogP contribution in [-0.2, 0) is 4.74 Å². The van der Waals surface area contributed by atoms with E-state index in [9.17, 15) is 9.59 Å². The number of methoxy groups -OCH3 is 1. The van der Waals surface area contributed by atoms with Crippen LogP contribution in [0.5, 0.6) is 0 Å². The van der Waals surface area contributed by atoms with E-state index < -0.39 is 11.4 Å². The van der Waals surface area contributed by atoms with Crippen LogP contribution >= 0.6 is 39.1 Å². The van der Waals surface area contributed by atoms with Crippen molar-refractivity contribution in [2.45, 2.75) is 0 Å². The summed E-state index contributed by atoms with van der Waals surface area (Å²) in [7, 11) is 1.17. The van der Waals surface area contributed by atoms with Gasteiger partial charge in [-0.2, -0.15) is 5.10 Å². The molecule has 0 N–H and O–H groups in total. The van der Waals surface area contributed by atoms with Gasteiger partial charge in [-0.05, 0) is 12.1 Å². The highest BCUT2D eigenvalue weighted by Crippen LogP contribution is 2.31. The zero-order valence-corrected chi connectivity index (χ0v) is 13.2. The molecule has 0 saturated heterocycles. The third-order valence-electron chi connectivity index (χ3n) is 2.40. The van der Waals surface area contributed by atoms with E-state index in [0.717, 1.165) is 0 Å². The maximum absolute atomic E-state index is 11.6. The van der Waals surface area contributed by atoms with Crippen molar-refractivity contribution >= 4 is 45.1 Å². The number of ether oxygens (including phenoxy) is 1.